The third-order valence-electron chi connectivity index (χ3n) is 3.56. The summed E-state index contributed by atoms with van der Waals surface area (Å²) < 4.78 is 35.9. The van der Waals surface area contributed by atoms with E-state index in [0.717, 1.165) is 11.8 Å². The van der Waals surface area contributed by atoms with Gasteiger partial charge in [0.2, 0.25) is 5.75 Å². The van der Waals surface area contributed by atoms with Gasteiger partial charge in [-0.1, -0.05) is 23.2 Å². The second-order valence-electron chi connectivity index (χ2n) is 5.62. The number of halogens is 2. The lowest BCUT2D eigenvalue weighted by Crippen LogP contribution is -2.11. The largest absolute Gasteiger partial charge is 0.490 e. The number of amidine groups is 1. The van der Waals surface area contributed by atoms with Crippen molar-refractivity contribution in [3.8, 4) is 11.5 Å². The molecule has 3 rings (SSSR count). The molecule has 0 saturated heterocycles. The van der Waals surface area contributed by atoms with E-state index in [2.05, 4.69) is 4.99 Å². The van der Waals surface area contributed by atoms with Gasteiger partial charge >= 0.3 is 10.1 Å². The van der Waals surface area contributed by atoms with Crippen LogP contribution in [0, 0.1) is 0 Å². The maximum absolute atomic E-state index is 12.6. The molecule has 0 fully saturated rings. The Morgan fingerprint density at radius 1 is 1.21 bits per heavy atom. The van der Waals surface area contributed by atoms with Gasteiger partial charge in [-0.2, -0.15) is 13.4 Å². The molecule has 152 valence electrons. The Morgan fingerprint density at radius 3 is 2.48 bits per heavy atom. The van der Waals surface area contributed by atoms with Crippen LogP contribution in [0.25, 0.3) is 6.08 Å². The topological polar surface area (TPSA) is 108 Å². The van der Waals surface area contributed by atoms with Crippen molar-refractivity contribution in [3.05, 3.63) is 56.9 Å². The van der Waals surface area contributed by atoms with Crippen LogP contribution in [0.5, 0.6) is 11.5 Å². The summed E-state index contributed by atoms with van der Waals surface area (Å²) in [5.74, 6) is -0.521. The van der Waals surface area contributed by atoms with Crippen LogP contribution in [-0.2, 0) is 14.9 Å². The lowest BCUT2D eigenvalue weighted by Gasteiger charge is -2.14. The highest BCUT2D eigenvalue weighted by Crippen LogP contribution is 2.40. The second-order valence-corrected chi connectivity index (χ2v) is 9.07. The Kier molecular flexibility index (Phi) is 6.42. The number of ether oxygens (including phenoxy) is 1. The highest BCUT2D eigenvalue weighted by Gasteiger charge is 2.24. The number of hydrogen-bond donors (Lipinski definition) is 1. The second kappa shape index (κ2) is 8.66. The zero-order chi connectivity index (χ0) is 21.2. The van der Waals surface area contributed by atoms with E-state index in [1.165, 1.54) is 42.5 Å². The monoisotopic (exact) mass is 472 g/mol. The van der Waals surface area contributed by atoms with Crippen LogP contribution in [0.15, 0.2) is 51.2 Å². The Balaban J connectivity index is 1.98. The fourth-order valence-corrected chi connectivity index (χ4v) is 4.42. The average molecular weight is 473 g/mol. The molecule has 11 heteroatoms. The number of nitrogens with two attached hydrogens (primary N) is 1. The van der Waals surface area contributed by atoms with Crippen molar-refractivity contribution in [2.45, 2.75) is 11.8 Å². The van der Waals surface area contributed by atoms with Crippen molar-refractivity contribution >= 4 is 62.2 Å². The molecule has 7 nitrogen and oxygen atoms in total. The average Bonchev–Trinajstić information content (AvgIpc) is 2.95. The molecule has 0 unspecified atom stereocenters. The Bertz CT molecular complexity index is 1130. The molecule has 1 aliphatic heterocycles. The lowest BCUT2D eigenvalue weighted by atomic mass is 10.2. The molecule has 0 atom stereocenters. The fourth-order valence-electron chi connectivity index (χ4n) is 2.35. The van der Waals surface area contributed by atoms with Crippen molar-refractivity contribution in [2.24, 2.45) is 10.7 Å². The van der Waals surface area contributed by atoms with E-state index < -0.39 is 16.0 Å². The predicted molar refractivity (Wildman–Crippen MR) is 114 cm³/mol. The summed E-state index contributed by atoms with van der Waals surface area (Å²) in [6.07, 6.45) is 1.53. The fraction of sp³-hybridized carbons (Fsp3) is 0.111. The summed E-state index contributed by atoms with van der Waals surface area (Å²) in [6, 6.07) is 8.46. The van der Waals surface area contributed by atoms with Crippen molar-refractivity contribution in [3.63, 3.8) is 0 Å². The quantitative estimate of drug-likeness (QED) is 0.497. The zero-order valence-electron chi connectivity index (χ0n) is 14.9. The van der Waals surface area contributed by atoms with Crippen molar-refractivity contribution in [1.82, 2.24) is 0 Å². The van der Waals surface area contributed by atoms with Gasteiger partial charge in [0, 0.05) is 5.02 Å². The number of aliphatic imine (C=N–C) groups is 1. The molecule has 0 spiro atoms. The standard InChI is InChI=1S/C18H14Cl2N2O5S2/c1-2-26-14-8-10(9-15-17(23)22-18(21)28-15)7-13(20)16(14)27-29(24,25)12-5-3-11(19)4-6-12/h3-9H,2H2,1H3,(H2,21,22,23)/b15-9-. The normalized spacial score (nSPS) is 15.5. The van der Waals surface area contributed by atoms with Gasteiger partial charge in [0.1, 0.15) is 4.90 Å². The molecule has 0 saturated carbocycles. The first-order valence-corrected chi connectivity index (χ1v) is 11.1. The van der Waals surface area contributed by atoms with Crippen LogP contribution in [0.3, 0.4) is 0 Å². The smallest absolute Gasteiger partial charge is 0.339 e. The van der Waals surface area contributed by atoms with Gasteiger partial charge in [-0.3, -0.25) is 4.79 Å². The van der Waals surface area contributed by atoms with Crippen LogP contribution < -0.4 is 14.7 Å². The molecule has 2 N–H and O–H groups in total. The number of benzene rings is 2. The Labute approximate surface area is 181 Å². The maximum atomic E-state index is 12.6. The molecule has 29 heavy (non-hydrogen) atoms. The number of amides is 1. The zero-order valence-corrected chi connectivity index (χ0v) is 18.0. The lowest BCUT2D eigenvalue weighted by molar-refractivity contribution is -0.113. The van der Waals surface area contributed by atoms with E-state index in [-0.39, 0.29) is 33.2 Å². The summed E-state index contributed by atoms with van der Waals surface area (Å²) in [6.45, 7) is 1.96. The van der Waals surface area contributed by atoms with E-state index in [0.29, 0.717) is 15.5 Å². The molecule has 2 aromatic rings. The third-order valence-corrected chi connectivity index (χ3v) is 6.14. The van der Waals surface area contributed by atoms with Gasteiger partial charge in [0.25, 0.3) is 5.91 Å². The van der Waals surface area contributed by atoms with Crippen LogP contribution in [0.2, 0.25) is 10.0 Å². The van der Waals surface area contributed by atoms with Gasteiger partial charge in [-0.15, -0.1) is 0 Å². The summed E-state index contributed by atoms with van der Waals surface area (Å²) >= 11 is 13.1. The number of carbonyl (C=O) groups excluding carboxylic acids is 1. The summed E-state index contributed by atoms with van der Waals surface area (Å²) in [5.41, 5.74) is 6.04. The minimum atomic E-state index is -4.18. The van der Waals surface area contributed by atoms with Gasteiger partial charge in [-0.25, -0.2) is 0 Å². The van der Waals surface area contributed by atoms with Crippen molar-refractivity contribution < 1.29 is 22.1 Å². The van der Waals surface area contributed by atoms with Crippen molar-refractivity contribution in [2.75, 3.05) is 6.61 Å². The molecule has 0 aromatic heterocycles. The molecule has 0 aliphatic carbocycles. The minimum Gasteiger partial charge on any atom is -0.490 e. The van der Waals surface area contributed by atoms with Crippen LogP contribution in [0.4, 0.5) is 0 Å². The predicted octanol–water partition coefficient (Wildman–Crippen LogP) is 4.09. The van der Waals surface area contributed by atoms with E-state index in [4.69, 9.17) is 37.9 Å². The number of hydrogen-bond acceptors (Lipinski definition) is 7. The van der Waals surface area contributed by atoms with Crippen LogP contribution >= 0.6 is 35.0 Å². The minimum absolute atomic E-state index is 0.00956. The van der Waals surface area contributed by atoms with Gasteiger partial charge < -0.3 is 14.7 Å². The number of rotatable bonds is 6. The molecule has 2 aromatic carbocycles. The number of thioether (sulfide) groups is 1. The highest BCUT2D eigenvalue weighted by atomic mass is 35.5. The van der Waals surface area contributed by atoms with Crippen LogP contribution in [0.1, 0.15) is 12.5 Å². The Hall–Kier alpha value is -2.20. The van der Waals surface area contributed by atoms with Gasteiger partial charge in [0.15, 0.2) is 10.9 Å². The molecule has 0 radical (unpaired) electrons. The van der Waals surface area contributed by atoms with Gasteiger partial charge in [0.05, 0.1) is 16.5 Å². The molecule has 1 heterocycles. The molecule has 0 bridgehead atoms. The number of carbonyl (C=O) groups is 1. The summed E-state index contributed by atoms with van der Waals surface area (Å²) in [4.78, 5) is 15.6. The number of nitrogens with zero attached hydrogens (tertiary/aromatic N) is 1. The summed E-state index contributed by atoms with van der Waals surface area (Å²) in [7, 11) is -4.18. The molecular weight excluding hydrogens is 459 g/mol. The first-order chi connectivity index (χ1) is 13.7. The first-order valence-electron chi connectivity index (χ1n) is 8.14. The highest BCUT2D eigenvalue weighted by molar-refractivity contribution is 8.18. The Morgan fingerprint density at radius 2 is 1.90 bits per heavy atom. The van der Waals surface area contributed by atoms with Crippen molar-refractivity contribution in [1.29, 1.82) is 0 Å². The molecular formula is C18H14Cl2N2O5S2. The maximum Gasteiger partial charge on any atom is 0.339 e. The van der Waals surface area contributed by atoms with E-state index in [1.54, 1.807) is 6.92 Å². The van der Waals surface area contributed by atoms with Crippen LogP contribution in [-0.4, -0.2) is 26.1 Å². The third kappa shape index (κ3) is 5.05. The molecule has 1 aliphatic rings. The van der Waals surface area contributed by atoms with E-state index in [1.807, 2.05) is 0 Å². The van der Waals surface area contributed by atoms with E-state index >= 15 is 0 Å². The van der Waals surface area contributed by atoms with E-state index in [9.17, 15) is 13.2 Å². The molecule has 1 amide bonds. The summed E-state index contributed by atoms with van der Waals surface area (Å²) in [5, 5.41) is 0.523. The van der Waals surface area contributed by atoms with Gasteiger partial charge in [-0.05, 0) is 66.7 Å². The first kappa shape index (κ1) is 21.5. The SMILES string of the molecule is CCOc1cc(/C=C2\SC(N)=NC2=O)cc(Cl)c1OS(=O)(=O)c1ccc(Cl)cc1.